The first-order chi connectivity index (χ1) is 9.63. The zero-order valence-electron chi connectivity index (χ0n) is 11.1. The van der Waals surface area contributed by atoms with Crippen LogP contribution >= 0.6 is 0 Å². The van der Waals surface area contributed by atoms with Gasteiger partial charge in [-0.15, -0.1) is 0 Å². The fourth-order valence-electron chi connectivity index (χ4n) is 1.61. The molecule has 0 aliphatic heterocycles. The smallest absolute Gasteiger partial charge is 0.311 e. The summed E-state index contributed by atoms with van der Waals surface area (Å²) in [5, 5.41) is 19.7. The molecule has 0 aromatic carbocycles. The Morgan fingerprint density at radius 3 is 2.90 bits per heavy atom. The molecule has 0 bridgehead atoms. The van der Waals surface area contributed by atoms with Crippen molar-refractivity contribution in [2.75, 3.05) is 37.1 Å². The minimum atomic E-state index is -0.519. The molecule has 0 aliphatic rings. The lowest BCUT2D eigenvalue weighted by Crippen LogP contribution is -2.30. The number of anilines is 2. The highest BCUT2D eigenvalue weighted by atomic mass is 16.6. The van der Waals surface area contributed by atoms with Gasteiger partial charge in [0, 0.05) is 26.3 Å². The van der Waals surface area contributed by atoms with Crippen molar-refractivity contribution in [3.8, 4) is 6.07 Å². The minimum absolute atomic E-state index is 0.141. The van der Waals surface area contributed by atoms with Gasteiger partial charge >= 0.3 is 5.69 Å². The molecule has 0 saturated carbocycles. The van der Waals surface area contributed by atoms with Crippen molar-refractivity contribution in [2.45, 2.75) is 6.42 Å². The Balaban J connectivity index is 3.13. The maximum atomic E-state index is 11.1. The second-order valence-electron chi connectivity index (χ2n) is 3.83. The van der Waals surface area contributed by atoms with E-state index in [-0.39, 0.29) is 17.9 Å². The minimum Gasteiger partial charge on any atom is -0.383 e. The second kappa shape index (κ2) is 7.88. The molecule has 0 saturated heterocycles. The molecular formula is C11H16N6O3. The highest BCUT2D eigenvalue weighted by Crippen LogP contribution is 2.27. The lowest BCUT2D eigenvalue weighted by Gasteiger charge is -2.22. The molecule has 0 fully saturated rings. The van der Waals surface area contributed by atoms with Crippen LogP contribution in [0.3, 0.4) is 0 Å². The monoisotopic (exact) mass is 280 g/mol. The lowest BCUT2D eigenvalue weighted by molar-refractivity contribution is -0.384. The predicted molar refractivity (Wildman–Crippen MR) is 73.0 cm³/mol. The molecule has 1 aromatic rings. The standard InChI is InChI=1S/C11H16N6O3/c1-20-8-7-16(6-2-5-12)11-9(17(18)19)3-4-10(14-11)15-13/h3-4H,2,6-8,13H2,1H3,(H,14,15). The maximum Gasteiger partial charge on any atom is 0.311 e. The van der Waals surface area contributed by atoms with Gasteiger partial charge in [-0.05, 0) is 6.07 Å². The van der Waals surface area contributed by atoms with Crippen LogP contribution in [0.1, 0.15) is 6.42 Å². The molecular weight excluding hydrogens is 264 g/mol. The zero-order valence-corrected chi connectivity index (χ0v) is 11.1. The summed E-state index contributed by atoms with van der Waals surface area (Å²) in [5.74, 6) is 5.74. The predicted octanol–water partition coefficient (Wildman–Crippen LogP) is 0.642. The Labute approximate surface area is 116 Å². The molecule has 1 rings (SSSR count). The quantitative estimate of drug-likeness (QED) is 0.403. The molecule has 9 nitrogen and oxygen atoms in total. The summed E-state index contributed by atoms with van der Waals surface area (Å²) in [4.78, 5) is 16.3. The number of nitro groups is 1. The lowest BCUT2D eigenvalue weighted by atomic mass is 10.3. The van der Waals surface area contributed by atoms with Crippen LogP contribution in [0.15, 0.2) is 12.1 Å². The Bertz CT molecular complexity index is 501. The van der Waals surface area contributed by atoms with E-state index in [1.54, 1.807) is 4.90 Å². The van der Waals surface area contributed by atoms with Crippen molar-refractivity contribution >= 4 is 17.3 Å². The van der Waals surface area contributed by atoms with Crippen LogP contribution in [-0.4, -0.2) is 36.7 Å². The number of nitriles is 1. The van der Waals surface area contributed by atoms with Crippen molar-refractivity contribution in [3.05, 3.63) is 22.2 Å². The summed E-state index contributed by atoms with van der Waals surface area (Å²) in [5.41, 5.74) is 2.20. The van der Waals surface area contributed by atoms with Gasteiger partial charge < -0.3 is 15.1 Å². The van der Waals surface area contributed by atoms with E-state index in [1.807, 2.05) is 6.07 Å². The van der Waals surface area contributed by atoms with E-state index < -0.39 is 4.92 Å². The number of methoxy groups -OCH3 is 1. The normalized spacial score (nSPS) is 9.85. The summed E-state index contributed by atoms with van der Waals surface area (Å²) >= 11 is 0. The number of pyridine rings is 1. The molecule has 0 unspecified atom stereocenters. The first kappa shape index (κ1) is 15.6. The third kappa shape index (κ3) is 4.04. The van der Waals surface area contributed by atoms with E-state index in [4.69, 9.17) is 15.8 Å². The fourth-order valence-corrected chi connectivity index (χ4v) is 1.61. The zero-order chi connectivity index (χ0) is 15.0. The van der Waals surface area contributed by atoms with Crippen LogP contribution in [0.2, 0.25) is 0 Å². The van der Waals surface area contributed by atoms with Gasteiger partial charge in [0.15, 0.2) is 0 Å². The van der Waals surface area contributed by atoms with Crippen LogP contribution in [0.4, 0.5) is 17.3 Å². The van der Waals surface area contributed by atoms with Crippen LogP contribution < -0.4 is 16.2 Å². The molecule has 108 valence electrons. The van der Waals surface area contributed by atoms with Crippen LogP contribution in [0.25, 0.3) is 0 Å². The number of hydrazine groups is 1. The second-order valence-corrected chi connectivity index (χ2v) is 3.83. The average molecular weight is 280 g/mol. The molecule has 0 radical (unpaired) electrons. The summed E-state index contributed by atoms with van der Waals surface area (Å²) in [6.07, 6.45) is 0.225. The van der Waals surface area contributed by atoms with Gasteiger partial charge in [-0.1, -0.05) is 0 Å². The number of nitrogens with two attached hydrogens (primary N) is 1. The van der Waals surface area contributed by atoms with E-state index in [9.17, 15) is 10.1 Å². The Morgan fingerprint density at radius 2 is 2.35 bits per heavy atom. The van der Waals surface area contributed by atoms with E-state index in [0.29, 0.717) is 25.5 Å². The highest BCUT2D eigenvalue weighted by Gasteiger charge is 2.21. The molecule has 3 N–H and O–H groups in total. The first-order valence-corrected chi connectivity index (χ1v) is 5.87. The highest BCUT2D eigenvalue weighted by molar-refractivity contribution is 5.61. The average Bonchev–Trinajstić information content (AvgIpc) is 2.46. The Morgan fingerprint density at radius 1 is 1.60 bits per heavy atom. The molecule has 0 spiro atoms. The number of hydrogen-bond acceptors (Lipinski definition) is 8. The number of rotatable bonds is 8. The van der Waals surface area contributed by atoms with Crippen molar-refractivity contribution in [3.63, 3.8) is 0 Å². The third-order valence-corrected chi connectivity index (χ3v) is 2.56. The van der Waals surface area contributed by atoms with E-state index in [2.05, 4.69) is 10.4 Å². The van der Waals surface area contributed by atoms with Crippen molar-refractivity contribution < 1.29 is 9.66 Å². The van der Waals surface area contributed by atoms with Crippen molar-refractivity contribution in [1.29, 1.82) is 5.26 Å². The van der Waals surface area contributed by atoms with Gasteiger partial charge in [0.25, 0.3) is 0 Å². The number of aromatic nitrogens is 1. The summed E-state index contributed by atoms with van der Waals surface area (Å²) < 4.78 is 4.97. The van der Waals surface area contributed by atoms with E-state index >= 15 is 0 Å². The van der Waals surface area contributed by atoms with Crippen LogP contribution in [0.5, 0.6) is 0 Å². The molecule has 1 aromatic heterocycles. The summed E-state index contributed by atoms with van der Waals surface area (Å²) in [6.45, 7) is 1.08. The van der Waals surface area contributed by atoms with E-state index in [0.717, 1.165) is 0 Å². The molecule has 0 aliphatic carbocycles. The molecule has 20 heavy (non-hydrogen) atoms. The van der Waals surface area contributed by atoms with Gasteiger partial charge in [0.1, 0.15) is 5.82 Å². The van der Waals surface area contributed by atoms with E-state index in [1.165, 1.54) is 19.2 Å². The van der Waals surface area contributed by atoms with Gasteiger partial charge in [0.2, 0.25) is 5.82 Å². The molecule has 0 atom stereocenters. The number of nitrogen functional groups attached to an aromatic ring is 1. The topological polar surface area (TPSA) is 130 Å². The van der Waals surface area contributed by atoms with Crippen LogP contribution in [0, 0.1) is 21.4 Å². The number of nitrogens with one attached hydrogen (secondary N) is 1. The van der Waals surface area contributed by atoms with Gasteiger partial charge in [-0.2, -0.15) is 5.26 Å². The van der Waals surface area contributed by atoms with Crippen LogP contribution in [-0.2, 0) is 4.74 Å². The summed E-state index contributed by atoms with van der Waals surface area (Å²) in [6, 6.07) is 4.74. The number of nitrogens with zero attached hydrogens (tertiary/aromatic N) is 4. The molecule has 0 amide bonds. The SMILES string of the molecule is COCCN(CCC#N)c1nc(NN)ccc1[N+](=O)[O-]. The molecule has 9 heteroatoms. The van der Waals surface area contributed by atoms with Gasteiger partial charge in [0.05, 0.1) is 24.0 Å². The third-order valence-electron chi connectivity index (χ3n) is 2.56. The first-order valence-electron chi connectivity index (χ1n) is 5.87. The Kier molecular flexibility index (Phi) is 6.15. The largest absolute Gasteiger partial charge is 0.383 e. The number of ether oxygens (including phenoxy) is 1. The fraction of sp³-hybridized carbons (Fsp3) is 0.455. The maximum absolute atomic E-state index is 11.1. The van der Waals surface area contributed by atoms with Crippen molar-refractivity contribution in [2.24, 2.45) is 5.84 Å². The molecule has 1 heterocycles. The Hall–Kier alpha value is -2.44. The number of hydrogen-bond donors (Lipinski definition) is 2. The van der Waals surface area contributed by atoms with Gasteiger partial charge in [-0.3, -0.25) is 10.1 Å². The summed E-state index contributed by atoms with van der Waals surface area (Å²) in [7, 11) is 1.53. The van der Waals surface area contributed by atoms with Crippen molar-refractivity contribution in [1.82, 2.24) is 4.98 Å². The van der Waals surface area contributed by atoms with Gasteiger partial charge in [-0.25, -0.2) is 10.8 Å².